The summed E-state index contributed by atoms with van der Waals surface area (Å²) in [6.45, 7) is 3.61. The lowest BCUT2D eigenvalue weighted by atomic mass is 9.86. The molecule has 0 radical (unpaired) electrons. The molecule has 0 saturated carbocycles. The van der Waals surface area contributed by atoms with Gasteiger partial charge in [0.2, 0.25) is 0 Å². The molecular weight excluding hydrogens is 292 g/mol. The van der Waals surface area contributed by atoms with Crippen molar-refractivity contribution in [1.82, 2.24) is 5.32 Å². The Kier molecular flexibility index (Phi) is 4.69. The minimum absolute atomic E-state index is 0.0140. The summed E-state index contributed by atoms with van der Waals surface area (Å²) in [5, 5.41) is 13.0. The third kappa shape index (κ3) is 3.20. The van der Waals surface area contributed by atoms with Crippen LogP contribution in [0.5, 0.6) is 0 Å². The van der Waals surface area contributed by atoms with Crippen LogP contribution in [0.1, 0.15) is 18.5 Å². The molecule has 1 atom stereocenters. The number of aliphatic hydroxyl groups is 1. The lowest BCUT2D eigenvalue weighted by molar-refractivity contribution is -0.135. The first-order valence-corrected chi connectivity index (χ1v) is 6.79. The van der Waals surface area contributed by atoms with E-state index in [0.717, 1.165) is 0 Å². The van der Waals surface area contributed by atoms with Gasteiger partial charge in [-0.3, -0.25) is 0 Å². The maximum absolute atomic E-state index is 13.5. The molecule has 1 heterocycles. The second-order valence-corrected chi connectivity index (χ2v) is 5.86. The predicted octanol–water partition coefficient (Wildman–Crippen LogP) is 2.79. The first-order valence-electron chi connectivity index (χ1n) is 6.04. The standard InChI is InChI=1S/C13H16Cl2FNO2/c1-8(17-4-13(5-18)6-19-7-13)9-2-12(16)11(15)3-10(9)14/h2-3,8,17-18H,4-7H2,1H3. The van der Waals surface area contributed by atoms with Gasteiger partial charge in [-0.05, 0) is 24.6 Å². The van der Waals surface area contributed by atoms with Gasteiger partial charge < -0.3 is 15.2 Å². The molecular formula is C13H16Cl2FNO2. The van der Waals surface area contributed by atoms with Gasteiger partial charge in [0.25, 0.3) is 0 Å². The fourth-order valence-electron chi connectivity index (χ4n) is 1.99. The highest BCUT2D eigenvalue weighted by Crippen LogP contribution is 2.30. The van der Waals surface area contributed by atoms with Crippen LogP contribution < -0.4 is 5.32 Å². The second kappa shape index (κ2) is 5.94. The Morgan fingerprint density at radius 3 is 2.63 bits per heavy atom. The molecule has 1 aliphatic rings. The van der Waals surface area contributed by atoms with Crippen molar-refractivity contribution in [3.8, 4) is 0 Å². The SMILES string of the molecule is CC(NCC1(CO)COC1)c1cc(F)c(Cl)cc1Cl. The molecule has 106 valence electrons. The Bertz CT molecular complexity index is 461. The quantitative estimate of drug-likeness (QED) is 0.822. The van der Waals surface area contributed by atoms with Gasteiger partial charge in [-0.15, -0.1) is 0 Å². The Morgan fingerprint density at radius 2 is 2.11 bits per heavy atom. The van der Waals surface area contributed by atoms with E-state index in [1.165, 1.54) is 12.1 Å². The van der Waals surface area contributed by atoms with Gasteiger partial charge in [0.15, 0.2) is 0 Å². The molecule has 1 fully saturated rings. The molecule has 6 heteroatoms. The molecule has 1 aromatic carbocycles. The molecule has 3 nitrogen and oxygen atoms in total. The number of rotatable bonds is 5. The zero-order valence-electron chi connectivity index (χ0n) is 10.5. The molecule has 2 rings (SSSR count). The van der Waals surface area contributed by atoms with Crippen LogP contribution in [-0.2, 0) is 4.74 Å². The van der Waals surface area contributed by atoms with E-state index in [-0.39, 0.29) is 23.1 Å². The summed E-state index contributed by atoms with van der Waals surface area (Å²) in [6, 6.07) is 2.61. The first-order chi connectivity index (χ1) is 8.97. The summed E-state index contributed by atoms with van der Waals surface area (Å²) in [6.07, 6.45) is 0. The highest BCUT2D eigenvalue weighted by atomic mass is 35.5. The normalized spacial score (nSPS) is 19.0. The van der Waals surface area contributed by atoms with E-state index < -0.39 is 5.82 Å². The van der Waals surface area contributed by atoms with Gasteiger partial charge in [-0.25, -0.2) is 4.39 Å². The molecule has 1 aliphatic heterocycles. The fraction of sp³-hybridized carbons (Fsp3) is 0.538. The van der Waals surface area contributed by atoms with Gasteiger partial charge in [0.05, 0.1) is 30.3 Å². The third-order valence-electron chi connectivity index (χ3n) is 3.44. The topological polar surface area (TPSA) is 41.5 Å². The van der Waals surface area contributed by atoms with E-state index in [1.54, 1.807) is 0 Å². The van der Waals surface area contributed by atoms with Crippen molar-refractivity contribution >= 4 is 23.2 Å². The minimum Gasteiger partial charge on any atom is -0.396 e. The van der Waals surface area contributed by atoms with Crippen molar-refractivity contribution in [2.45, 2.75) is 13.0 Å². The molecule has 0 spiro atoms. The van der Waals surface area contributed by atoms with Crippen molar-refractivity contribution in [2.75, 3.05) is 26.4 Å². The largest absolute Gasteiger partial charge is 0.396 e. The van der Waals surface area contributed by atoms with E-state index in [9.17, 15) is 9.50 Å². The minimum atomic E-state index is -0.487. The van der Waals surface area contributed by atoms with Crippen molar-refractivity contribution in [3.05, 3.63) is 33.6 Å². The van der Waals surface area contributed by atoms with Crippen LogP contribution in [0.4, 0.5) is 4.39 Å². The number of halogens is 3. The van der Waals surface area contributed by atoms with Crippen LogP contribution in [0.2, 0.25) is 10.0 Å². The van der Waals surface area contributed by atoms with Crippen molar-refractivity contribution < 1.29 is 14.2 Å². The van der Waals surface area contributed by atoms with Crippen LogP contribution in [0.15, 0.2) is 12.1 Å². The summed E-state index contributed by atoms with van der Waals surface area (Å²) in [7, 11) is 0. The lowest BCUT2D eigenvalue weighted by Gasteiger charge is -2.40. The van der Waals surface area contributed by atoms with Gasteiger partial charge in [-0.1, -0.05) is 23.2 Å². The molecule has 0 amide bonds. The summed E-state index contributed by atoms with van der Waals surface area (Å²) in [5.74, 6) is -0.487. The van der Waals surface area contributed by atoms with Crippen LogP contribution in [-0.4, -0.2) is 31.5 Å². The fourth-order valence-corrected chi connectivity index (χ4v) is 2.54. The lowest BCUT2D eigenvalue weighted by Crippen LogP contribution is -2.52. The third-order valence-corrected chi connectivity index (χ3v) is 4.06. The Balaban J connectivity index is 2.03. The number of aliphatic hydroxyl groups excluding tert-OH is 1. The first kappa shape index (κ1) is 15.0. The number of nitrogens with one attached hydrogen (secondary N) is 1. The van der Waals surface area contributed by atoms with E-state index in [0.29, 0.717) is 30.3 Å². The average Bonchev–Trinajstić information content (AvgIpc) is 2.32. The zero-order chi connectivity index (χ0) is 14.0. The Hall–Kier alpha value is -0.390. The Morgan fingerprint density at radius 1 is 1.42 bits per heavy atom. The summed E-state index contributed by atoms with van der Waals surface area (Å²) in [5.41, 5.74) is 0.419. The molecule has 0 bridgehead atoms. The molecule has 19 heavy (non-hydrogen) atoms. The predicted molar refractivity (Wildman–Crippen MR) is 73.2 cm³/mol. The summed E-state index contributed by atoms with van der Waals surface area (Å²) in [4.78, 5) is 0. The number of hydrogen-bond acceptors (Lipinski definition) is 3. The van der Waals surface area contributed by atoms with Crippen LogP contribution in [0, 0.1) is 11.2 Å². The summed E-state index contributed by atoms with van der Waals surface area (Å²) < 4.78 is 18.6. The maximum atomic E-state index is 13.5. The molecule has 1 saturated heterocycles. The van der Waals surface area contributed by atoms with Gasteiger partial charge in [0.1, 0.15) is 5.82 Å². The van der Waals surface area contributed by atoms with Crippen molar-refractivity contribution in [1.29, 1.82) is 0 Å². The van der Waals surface area contributed by atoms with Crippen molar-refractivity contribution in [3.63, 3.8) is 0 Å². The number of hydrogen-bond donors (Lipinski definition) is 2. The highest BCUT2D eigenvalue weighted by molar-refractivity contribution is 6.35. The maximum Gasteiger partial charge on any atom is 0.142 e. The van der Waals surface area contributed by atoms with Gasteiger partial charge in [-0.2, -0.15) is 0 Å². The van der Waals surface area contributed by atoms with E-state index in [2.05, 4.69) is 5.32 Å². The average molecular weight is 308 g/mol. The number of ether oxygens (including phenoxy) is 1. The zero-order valence-corrected chi connectivity index (χ0v) is 12.1. The molecule has 0 aliphatic carbocycles. The van der Waals surface area contributed by atoms with Crippen LogP contribution >= 0.6 is 23.2 Å². The smallest absolute Gasteiger partial charge is 0.142 e. The van der Waals surface area contributed by atoms with Crippen LogP contribution in [0.25, 0.3) is 0 Å². The molecule has 1 aromatic rings. The van der Waals surface area contributed by atoms with Crippen molar-refractivity contribution in [2.24, 2.45) is 5.41 Å². The van der Waals surface area contributed by atoms with Gasteiger partial charge >= 0.3 is 0 Å². The highest BCUT2D eigenvalue weighted by Gasteiger charge is 2.38. The molecule has 1 unspecified atom stereocenters. The van der Waals surface area contributed by atoms with E-state index in [1.807, 2.05) is 6.92 Å². The molecule has 0 aromatic heterocycles. The van der Waals surface area contributed by atoms with E-state index >= 15 is 0 Å². The number of benzene rings is 1. The van der Waals surface area contributed by atoms with Crippen LogP contribution in [0.3, 0.4) is 0 Å². The summed E-state index contributed by atoms with van der Waals surface area (Å²) >= 11 is 11.7. The van der Waals surface area contributed by atoms with E-state index in [4.69, 9.17) is 27.9 Å². The van der Waals surface area contributed by atoms with Gasteiger partial charge in [0, 0.05) is 17.6 Å². The second-order valence-electron chi connectivity index (χ2n) is 5.04. The monoisotopic (exact) mass is 307 g/mol. The Labute approximate surface area is 121 Å². The molecule has 2 N–H and O–H groups in total.